The molecule has 7 heteroatoms. The van der Waals surface area contributed by atoms with E-state index in [1.807, 2.05) is 0 Å². The molecule has 0 unspecified atom stereocenters. The van der Waals surface area contributed by atoms with E-state index in [1.54, 1.807) is 11.4 Å². The first kappa shape index (κ1) is 14.9. The van der Waals surface area contributed by atoms with Crippen LogP contribution in [0.2, 0.25) is 0 Å². The summed E-state index contributed by atoms with van der Waals surface area (Å²) in [7, 11) is -1.40. The fourth-order valence-electron chi connectivity index (χ4n) is 2.26. The molecular weight excluding hydrogens is 284 g/mol. The number of rotatable bonds is 5. The maximum Gasteiger partial charge on any atom is 0.241 e. The van der Waals surface area contributed by atoms with Gasteiger partial charge in [0.15, 0.2) is 0 Å². The zero-order valence-electron chi connectivity index (χ0n) is 11.0. The molecule has 5 nitrogen and oxygen atoms in total. The molecule has 0 radical (unpaired) electrons. The number of aliphatic hydroxyl groups is 1. The Morgan fingerprint density at radius 3 is 2.79 bits per heavy atom. The van der Waals surface area contributed by atoms with E-state index in [1.165, 1.54) is 11.3 Å². The minimum atomic E-state index is -3.49. The first-order valence-electron chi connectivity index (χ1n) is 6.38. The van der Waals surface area contributed by atoms with Gasteiger partial charge in [0, 0.05) is 11.4 Å². The van der Waals surface area contributed by atoms with Gasteiger partial charge < -0.3 is 10.0 Å². The molecule has 0 aromatic carbocycles. The van der Waals surface area contributed by atoms with Crippen LogP contribution in [0.1, 0.15) is 17.7 Å². The fourth-order valence-corrected chi connectivity index (χ4v) is 4.66. The lowest BCUT2D eigenvalue weighted by Crippen LogP contribution is -2.36. The Morgan fingerprint density at radius 1 is 1.47 bits per heavy atom. The second kappa shape index (κ2) is 6.32. The van der Waals surface area contributed by atoms with Crippen LogP contribution in [0.5, 0.6) is 0 Å². The van der Waals surface area contributed by atoms with Crippen molar-refractivity contribution in [2.45, 2.75) is 24.3 Å². The second-order valence-electron chi connectivity index (χ2n) is 4.96. The number of piperidine rings is 1. The number of nitrogens with one attached hydrogen (secondary N) is 1. The molecule has 1 aliphatic heterocycles. The van der Waals surface area contributed by atoms with E-state index in [4.69, 9.17) is 5.11 Å². The van der Waals surface area contributed by atoms with Crippen molar-refractivity contribution in [2.75, 3.05) is 26.7 Å². The van der Waals surface area contributed by atoms with Gasteiger partial charge >= 0.3 is 0 Å². The van der Waals surface area contributed by atoms with Crippen LogP contribution in [0.3, 0.4) is 0 Å². The number of aliphatic hydroxyl groups excluding tert-OH is 1. The summed E-state index contributed by atoms with van der Waals surface area (Å²) in [6, 6.07) is 1.55. The lowest BCUT2D eigenvalue weighted by atomic mass is 9.98. The standard InChI is InChI=1S/C12H20N2O3S2/c1-14-5-2-10(3-6-14)8-13-19(16,17)12-4-7-18-11(12)9-15/h4,7,10,13,15H,2-3,5-6,8-9H2,1H3. The quantitative estimate of drug-likeness (QED) is 0.846. The molecule has 108 valence electrons. The number of sulfonamides is 1. The van der Waals surface area contributed by atoms with Gasteiger partial charge in [0.05, 0.1) is 11.5 Å². The van der Waals surface area contributed by atoms with Crippen molar-refractivity contribution in [1.82, 2.24) is 9.62 Å². The molecule has 0 aliphatic carbocycles. The Balaban J connectivity index is 1.95. The van der Waals surface area contributed by atoms with Crippen molar-refractivity contribution in [3.8, 4) is 0 Å². The third kappa shape index (κ3) is 3.76. The van der Waals surface area contributed by atoms with Gasteiger partial charge in [0.1, 0.15) is 0 Å². The maximum absolute atomic E-state index is 12.2. The zero-order valence-corrected chi connectivity index (χ0v) is 12.6. The number of thiophene rings is 1. The van der Waals surface area contributed by atoms with Crippen LogP contribution in [0.4, 0.5) is 0 Å². The number of likely N-dealkylation sites (tertiary alicyclic amines) is 1. The smallest absolute Gasteiger partial charge is 0.241 e. The largest absolute Gasteiger partial charge is 0.391 e. The van der Waals surface area contributed by atoms with Gasteiger partial charge in [-0.25, -0.2) is 13.1 Å². The molecule has 2 N–H and O–H groups in total. The van der Waals surface area contributed by atoms with Crippen molar-refractivity contribution in [2.24, 2.45) is 5.92 Å². The highest BCUT2D eigenvalue weighted by molar-refractivity contribution is 7.89. The van der Waals surface area contributed by atoms with Gasteiger partial charge in [0.25, 0.3) is 0 Å². The summed E-state index contributed by atoms with van der Waals surface area (Å²) >= 11 is 1.26. The molecule has 1 aromatic heterocycles. The molecule has 0 bridgehead atoms. The third-order valence-electron chi connectivity index (χ3n) is 3.54. The van der Waals surface area contributed by atoms with Gasteiger partial charge in [-0.2, -0.15) is 0 Å². The molecular formula is C12H20N2O3S2. The van der Waals surface area contributed by atoms with Crippen LogP contribution in [-0.4, -0.2) is 45.1 Å². The summed E-state index contributed by atoms with van der Waals surface area (Å²) in [6.45, 7) is 2.29. The van der Waals surface area contributed by atoms with Crippen LogP contribution in [0.25, 0.3) is 0 Å². The summed E-state index contributed by atoms with van der Waals surface area (Å²) in [4.78, 5) is 2.97. The van der Waals surface area contributed by atoms with E-state index in [9.17, 15) is 8.42 Å². The van der Waals surface area contributed by atoms with E-state index >= 15 is 0 Å². The van der Waals surface area contributed by atoms with Crippen LogP contribution in [0.15, 0.2) is 16.3 Å². The average Bonchev–Trinajstić information content (AvgIpc) is 2.87. The van der Waals surface area contributed by atoms with Gasteiger partial charge in [0.2, 0.25) is 10.0 Å². The molecule has 2 rings (SSSR count). The Bertz CT molecular complexity index is 505. The normalized spacial score (nSPS) is 18.8. The van der Waals surface area contributed by atoms with E-state index < -0.39 is 10.0 Å². The summed E-state index contributed by atoms with van der Waals surface area (Å²) in [5.41, 5.74) is 0. The zero-order chi connectivity index (χ0) is 13.9. The maximum atomic E-state index is 12.2. The Labute approximate surface area is 118 Å². The minimum Gasteiger partial charge on any atom is -0.391 e. The predicted octanol–water partition coefficient (Wildman–Crippen LogP) is 0.861. The monoisotopic (exact) mass is 304 g/mol. The van der Waals surface area contributed by atoms with Crippen LogP contribution >= 0.6 is 11.3 Å². The van der Waals surface area contributed by atoms with Gasteiger partial charge in [-0.15, -0.1) is 11.3 Å². The van der Waals surface area contributed by atoms with E-state index in [2.05, 4.69) is 16.7 Å². The summed E-state index contributed by atoms with van der Waals surface area (Å²) < 4.78 is 27.0. The first-order chi connectivity index (χ1) is 9.03. The molecule has 1 saturated heterocycles. The molecule has 0 saturated carbocycles. The molecule has 0 atom stereocenters. The highest BCUT2D eigenvalue weighted by atomic mass is 32.2. The van der Waals surface area contributed by atoms with Crippen molar-refractivity contribution in [3.63, 3.8) is 0 Å². The predicted molar refractivity (Wildman–Crippen MR) is 75.7 cm³/mol. The lowest BCUT2D eigenvalue weighted by molar-refractivity contribution is 0.220. The molecule has 19 heavy (non-hydrogen) atoms. The molecule has 1 aliphatic rings. The Kier molecular flexibility index (Phi) is 4.97. The van der Waals surface area contributed by atoms with Crippen molar-refractivity contribution >= 4 is 21.4 Å². The first-order valence-corrected chi connectivity index (χ1v) is 8.74. The minimum absolute atomic E-state index is 0.216. The van der Waals surface area contributed by atoms with Crippen molar-refractivity contribution in [1.29, 1.82) is 0 Å². The second-order valence-corrected chi connectivity index (χ2v) is 7.70. The Morgan fingerprint density at radius 2 is 2.16 bits per heavy atom. The molecule has 1 fully saturated rings. The molecule has 0 amide bonds. The van der Waals surface area contributed by atoms with Crippen molar-refractivity contribution in [3.05, 3.63) is 16.3 Å². The van der Waals surface area contributed by atoms with E-state index in [0.29, 0.717) is 17.3 Å². The number of nitrogens with zero attached hydrogens (tertiary/aromatic N) is 1. The van der Waals surface area contributed by atoms with E-state index in [-0.39, 0.29) is 11.5 Å². The highest BCUT2D eigenvalue weighted by Gasteiger charge is 2.22. The summed E-state index contributed by atoms with van der Waals surface area (Å²) in [6.07, 6.45) is 2.05. The van der Waals surface area contributed by atoms with Gasteiger partial charge in [-0.3, -0.25) is 0 Å². The SMILES string of the molecule is CN1CCC(CNS(=O)(=O)c2ccsc2CO)CC1. The fraction of sp³-hybridized carbons (Fsp3) is 0.667. The number of hydrogen-bond donors (Lipinski definition) is 2. The van der Waals surface area contributed by atoms with Gasteiger partial charge in [-0.1, -0.05) is 0 Å². The van der Waals surface area contributed by atoms with Gasteiger partial charge in [-0.05, 0) is 50.3 Å². The average molecular weight is 304 g/mol. The summed E-state index contributed by atoms with van der Waals surface area (Å²) in [5.74, 6) is 0.405. The number of hydrogen-bond acceptors (Lipinski definition) is 5. The Hall–Kier alpha value is -0.470. The topological polar surface area (TPSA) is 69.6 Å². The van der Waals surface area contributed by atoms with Crippen LogP contribution in [0, 0.1) is 5.92 Å². The van der Waals surface area contributed by atoms with Crippen molar-refractivity contribution < 1.29 is 13.5 Å². The molecule has 0 spiro atoms. The molecule has 1 aromatic rings. The van der Waals surface area contributed by atoms with Crippen LogP contribution in [-0.2, 0) is 16.6 Å². The lowest BCUT2D eigenvalue weighted by Gasteiger charge is -2.28. The van der Waals surface area contributed by atoms with E-state index in [0.717, 1.165) is 25.9 Å². The highest BCUT2D eigenvalue weighted by Crippen LogP contribution is 2.22. The summed E-state index contributed by atoms with van der Waals surface area (Å²) in [5, 5.41) is 10.8. The third-order valence-corrected chi connectivity index (χ3v) is 6.08. The van der Waals surface area contributed by atoms with Crippen LogP contribution < -0.4 is 4.72 Å². The molecule has 2 heterocycles.